The zero-order chi connectivity index (χ0) is 12.6. The van der Waals surface area contributed by atoms with Crippen LogP contribution in [0.15, 0.2) is 23.1 Å². The average molecular weight is 254 g/mol. The zero-order valence-corrected chi connectivity index (χ0v) is 10.6. The highest BCUT2D eigenvalue weighted by Gasteiger charge is 2.23. The minimum atomic E-state index is -3.40. The van der Waals surface area contributed by atoms with Gasteiger partial charge < -0.3 is 4.90 Å². The Morgan fingerprint density at radius 2 is 2.06 bits per heavy atom. The van der Waals surface area contributed by atoms with Gasteiger partial charge in [-0.25, -0.2) is 12.7 Å². The first kappa shape index (κ1) is 12.1. The number of hydrogen-bond acceptors (Lipinski definition) is 3. The first-order chi connectivity index (χ1) is 7.96. The minimum absolute atomic E-state index is 0.272. The molecular formula is C11H14N2O3S. The fourth-order valence-electron chi connectivity index (χ4n) is 1.88. The van der Waals surface area contributed by atoms with Crippen LogP contribution >= 0.6 is 0 Å². The summed E-state index contributed by atoms with van der Waals surface area (Å²) in [6.45, 7) is 0.615. The van der Waals surface area contributed by atoms with Crippen LogP contribution in [0.2, 0.25) is 0 Å². The number of nitrogens with zero attached hydrogens (tertiary/aromatic N) is 2. The van der Waals surface area contributed by atoms with Crippen LogP contribution in [0.4, 0.5) is 5.69 Å². The van der Waals surface area contributed by atoms with E-state index in [0.29, 0.717) is 13.0 Å². The second kappa shape index (κ2) is 4.12. The standard InChI is InChI=1S/C11H14N2O3S/c1-12(2)17(15,16)10-3-4-11-9(7-10)5-6-13(11)8-14/h3-4,7-8H,5-6H2,1-2H3. The van der Waals surface area contributed by atoms with Crippen LogP contribution in [-0.2, 0) is 21.2 Å². The molecule has 2 rings (SSSR count). The number of carbonyl (C=O) groups excluding carboxylic acids is 1. The second-order valence-electron chi connectivity index (χ2n) is 4.13. The number of fused-ring (bicyclic) bond motifs is 1. The lowest BCUT2D eigenvalue weighted by Crippen LogP contribution is -2.22. The van der Waals surface area contributed by atoms with E-state index in [-0.39, 0.29) is 4.90 Å². The molecule has 1 aliphatic rings. The van der Waals surface area contributed by atoms with Crippen molar-refractivity contribution in [2.24, 2.45) is 0 Å². The van der Waals surface area contributed by atoms with Crippen LogP contribution in [0.3, 0.4) is 0 Å². The van der Waals surface area contributed by atoms with E-state index < -0.39 is 10.0 Å². The largest absolute Gasteiger partial charge is 0.314 e. The van der Waals surface area contributed by atoms with Crippen molar-refractivity contribution >= 4 is 22.1 Å². The maximum atomic E-state index is 11.9. The molecule has 0 aromatic heterocycles. The van der Waals surface area contributed by atoms with E-state index in [4.69, 9.17) is 0 Å². The number of amides is 1. The molecule has 1 amide bonds. The van der Waals surface area contributed by atoms with Gasteiger partial charge in [-0.1, -0.05) is 0 Å². The molecule has 1 aliphatic heterocycles. The van der Waals surface area contributed by atoms with Gasteiger partial charge in [0.15, 0.2) is 0 Å². The number of anilines is 1. The fraction of sp³-hybridized carbons (Fsp3) is 0.364. The molecule has 0 N–H and O–H groups in total. The summed E-state index contributed by atoms with van der Waals surface area (Å²) < 4.78 is 25.0. The fourth-order valence-corrected chi connectivity index (χ4v) is 2.84. The van der Waals surface area contributed by atoms with Crippen molar-refractivity contribution in [2.45, 2.75) is 11.3 Å². The summed E-state index contributed by atoms with van der Waals surface area (Å²) in [6, 6.07) is 4.87. The van der Waals surface area contributed by atoms with E-state index in [9.17, 15) is 13.2 Å². The third-order valence-electron chi connectivity index (χ3n) is 2.89. The molecule has 92 valence electrons. The topological polar surface area (TPSA) is 57.7 Å². The highest BCUT2D eigenvalue weighted by Crippen LogP contribution is 2.29. The van der Waals surface area contributed by atoms with E-state index in [1.807, 2.05) is 0 Å². The Bertz CT molecular complexity index is 552. The Labute approximate surface area is 101 Å². The zero-order valence-electron chi connectivity index (χ0n) is 9.75. The number of carbonyl (C=O) groups is 1. The van der Waals surface area contributed by atoms with Gasteiger partial charge in [-0.15, -0.1) is 0 Å². The van der Waals surface area contributed by atoms with Crippen LogP contribution in [-0.4, -0.2) is 39.8 Å². The summed E-state index contributed by atoms with van der Waals surface area (Å²) in [6.07, 6.45) is 1.47. The third kappa shape index (κ3) is 1.94. The van der Waals surface area contributed by atoms with E-state index in [0.717, 1.165) is 17.7 Å². The Morgan fingerprint density at radius 3 is 2.65 bits per heavy atom. The first-order valence-electron chi connectivity index (χ1n) is 5.24. The van der Waals surface area contributed by atoms with Crippen molar-refractivity contribution in [3.8, 4) is 0 Å². The SMILES string of the molecule is CN(C)S(=O)(=O)c1ccc2c(c1)CCN2C=O. The lowest BCUT2D eigenvalue weighted by atomic mass is 10.2. The van der Waals surface area contributed by atoms with Crippen LogP contribution in [0.1, 0.15) is 5.56 Å². The predicted molar refractivity (Wildman–Crippen MR) is 64.4 cm³/mol. The Morgan fingerprint density at radius 1 is 1.35 bits per heavy atom. The third-order valence-corrected chi connectivity index (χ3v) is 4.70. The van der Waals surface area contributed by atoms with Crippen LogP contribution in [0.25, 0.3) is 0 Å². The van der Waals surface area contributed by atoms with Crippen molar-refractivity contribution in [1.29, 1.82) is 0 Å². The predicted octanol–water partition coefficient (Wildman–Crippen LogP) is 0.456. The van der Waals surface area contributed by atoms with Crippen molar-refractivity contribution in [2.75, 3.05) is 25.5 Å². The van der Waals surface area contributed by atoms with Gasteiger partial charge in [0.25, 0.3) is 0 Å². The van der Waals surface area contributed by atoms with Crippen molar-refractivity contribution in [3.05, 3.63) is 23.8 Å². The summed E-state index contributed by atoms with van der Waals surface area (Å²) in [5.41, 5.74) is 1.71. The normalized spacial score (nSPS) is 15.1. The van der Waals surface area contributed by atoms with Gasteiger partial charge >= 0.3 is 0 Å². The van der Waals surface area contributed by atoms with E-state index in [1.54, 1.807) is 17.0 Å². The summed E-state index contributed by atoms with van der Waals surface area (Å²) >= 11 is 0. The molecule has 0 bridgehead atoms. The first-order valence-corrected chi connectivity index (χ1v) is 6.68. The molecule has 6 heteroatoms. The van der Waals surface area contributed by atoms with E-state index >= 15 is 0 Å². The lowest BCUT2D eigenvalue weighted by Gasteiger charge is -2.13. The van der Waals surface area contributed by atoms with Gasteiger partial charge in [0.1, 0.15) is 0 Å². The average Bonchev–Trinajstić information content (AvgIpc) is 2.70. The molecule has 0 spiro atoms. The number of hydrogen-bond donors (Lipinski definition) is 0. The molecule has 0 unspecified atom stereocenters. The molecule has 5 nitrogen and oxygen atoms in total. The van der Waals surface area contributed by atoms with Gasteiger partial charge in [0, 0.05) is 26.3 Å². The summed E-state index contributed by atoms with van der Waals surface area (Å²) in [7, 11) is -0.396. The van der Waals surface area contributed by atoms with Crippen LogP contribution in [0.5, 0.6) is 0 Å². The summed E-state index contributed by atoms with van der Waals surface area (Å²) in [5.74, 6) is 0. The van der Waals surface area contributed by atoms with Crippen molar-refractivity contribution in [3.63, 3.8) is 0 Å². The molecule has 0 saturated heterocycles. The van der Waals surface area contributed by atoms with Gasteiger partial charge in [0.05, 0.1) is 4.90 Å². The van der Waals surface area contributed by atoms with Gasteiger partial charge in [-0.2, -0.15) is 0 Å². The molecule has 1 aromatic carbocycles. The number of rotatable bonds is 3. The maximum Gasteiger partial charge on any atom is 0.242 e. The lowest BCUT2D eigenvalue weighted by molar-refractivity contribution is -0.107. The number of sulfonamides is 1. The second-order valence-corrected chi connectivity index (χ2v) is 6.28. The molecular weight excluding hydrogens is 240 g/mol. The Hall–Kier alpha value is -1.40. The molecule has 0 radical (unpaired) electrons. The molecule has 0 atom stereocenters. The van der Waals surface area contributed by atoms with E-state index in [1.165, 1.54) is 24.5 Å². The smallest absolute Gasteiger partial charge is 0.242 e. The Kier molecular flexibility index (Phi) is 2.92. The molecule has 17 heavy (non-hydrogen) atoms. The summed E-state index contributed by atoms with van der Waals surface area (Å²) in [5, 5.41) is 0. The quantitative estimate of drug-likeness (QED) is 0.736. The molecule has 0 fully saturated rings. The van der Waals surface area contributed by atoms with E-state index in [2.05, 4.69) is 0 Å². The summed E-state index contributed by atoms with van der Waals surface area (Å²) in [4.78, 5) is 12.6. The van der Waals surface area contributed by atoms with Gasteiger partial charge in [0.2, 0.25) is 16.4 Å². The Balaban J connectivity index is 2.47. The highest BCUT2D eigenvalue weighted by molar-refractivity contribution is 7.89. The molecule has 0 saturated carbocycles. The van der Waals surface area contributed by atoms with Gasteiger partial charge in [-0.3, -0.25) is 4.79 Å². The van der Waals surface area contributed by atoms with Crippen molar-refractivity contribution < 1.29 is 13.2 Å². The van der Waals surface area contributed by atoms with Crippen molar-refractivity contribution in [1.82, 2.24) is 4.31 Å². The molecule has 1 aromatic rings. The minimum Gasteiger partial charge on any atom is -0.314 e. The highest BCUT2D eigenvalue weighted by atomic mass is 32.2. The molecule has 1 heterocycles. The number of benzene rings is 1. The van der Waals surface area contributed by atoms with Crippen LogP contribution in [0, 0.1) is 0 Å². The monoisotopic (exact) mass is 254 g/mol. The molecule has 0 aliphatic carbocycles. The maximum absolute atomic E-state index is 11.9. The van der Waals surface area contributed by atoms with Crippen LogP contribution < -0.4 is 4.90 Å². The van der Waals surface area contributed by atoms with Gasteiger partial charge in [-0.05, 0) is 30.2 Å².